The fourth-order valence-corrected chi connectivity index (χ4v) is 1.38. The molecule has 0 fully saturated rings. The highest BCUT2D eigenvalue weighted by atomic mass is 16.4. The fraction of sp³-hybridized carbons (Fsp3) is 0.333. The molecule has 0 spiro atoms. The number of carboxylic acids is 1. The van der Waals surface area contributed by atoms with Crippen LogP contribution in [-0.2, 0) is 4.79 Å². The van der Waals surface area contributed by atoms with Gasteiger partial charge in [0.15, 0.2) is 0 Å². The number of rotatable bonds is 4. The van der Waals surface area contributed by atoms with Gasteiger partial charge in [-0.1, -0.05) is 6.92 Å². The van der Waals surface area contributed by atoms with Crippen LogP contribution in [-0.4, -0.2) is 28.1 Å². The van der Waals surface area contributed by atoms with Crippen molar-refractivity contribution in [3.63, 3.8) is 0 Å². The lowest BCUT2D eigenvalue weighted by Crippen LogP contribution is -2.40. The third-order valence-electron chi connectivity index (χ3n) is 2.47. The van der Waals surface area contributed by atoms with Crippen molar-refractivity contribution in [1.29, 1.82) is 0 Å². The summed E-state index contributed by atoms with van der Waals surface area (Å²) in [4.78, 5) is 22.5. The molecule has 1 amide bonds. The highest BCUT2D eigenvalue weighted by Gasteiger charge is 2.18. The Bertz CT molecular complexity index is 442. The quantitative estimate of drug-likeness (QED) is 0.736. The highest BCUT2D eigenvalue weighted by Crippen LogP contribution is 2.16. The van der Waals surface area contributed by atoms with E-state index in [2.05, 4.69) is 5.32 Å². The summed E-state index contributed by atoms with van der Waals surface area (Å²) in [5, 5.41) is 20.5. The molecular formula is C12H15NO4. The summed E-state index contributed by atoms with van der Waals surface area (Å²) in [7, 11) is 0. The Morgan fingerprint density at radius 1 is 1.41 bits per heavy atom. The maximum absolute atomic E-state index is 11.7. The van der Waals surface area contributed by atoms with E-state index >= 15 is 0 Å². The lowest BCUT2D eigenvalue weighted by Gasteiger charge is -2.12. The Morgan fingerprint density at radius 2 is 2.06 bits per heavy atom. The van der Waals surface area contributed by atoms with E-state index in [1.165, 1.54) is 18.2 Å². The van der Waals surface area contributed by atoms with E-state index in [9.17, 15) is 14.7 Å². The van der Waals surface area contributed by atoms with Crippen LogP contribution < -0.4 is 5.32 Å². The molecule has 0 aromatic heterocycles. The normalized spacial score (nSPS) is 11.9. The number of benzene rings is 1. The number of aryl methyl sites for hydroxylation is 1. The molecule has 1 aromatic carbocycles. The van der Waals surface area contributed by atoms with Crippen molar-refractivity contribution in [2.24, 2.45) is 0 Å². The van der Waals surface area contributed by atoms with E-state index in [0.717, 1.165) is 0 Å². The van der Waals surface area contributed by atoms with Crippen LogP contribution in [0.25, 0.3) is 0 Å². The summed E-state index contributed by atoms with van der Waals surface area (Å²) < 4.78 is 0. The van der Waals surface area contributed by atoms with Gasteiger partial charge < -0.3 is 15.5 Å². The minimum atomic E-state index is -1.06. The average Bonchev–Trinajstić information content (AvgIpc) is 2.28. The topological polar surface area (TPSA) is 86.6 Å². The molecular weight excluding hydrogens is 222 g/mol. The van der Waals surface area contributed by atoms with Crippen LogP contribution in [0, 0.1) is 6.92 Å². The summed E-state index contributed by atoms with van der Waals surface area (Å²) in [5.41, 5.74) is 0.904. The predicted molar refractivity (Wildman–Crippen MR) is 62.0 cm³/mol. The monoisotopic (exact) mass is 237 g/mol. The second-order valence-electron chi connectivity index (χ2n) is 3.77. The molecule has 1 rings (SSSR count). The van der Waals surface area contributed by atoms with Gasteiger partial charge >= 0.3 is 5.97 Å². The van der Waals surface area contributed by atoms with Crippen molar-refractivity contribution >= 4 is 11.9 Å². The molecule has 0 saturated carbocycles. The number of phenols is 1. The van der Waals surface area contributed by atoms with Gasteiger partial charge in [0.25, 0.3) is 5.91 Å². The van der Waals surface area contributed by atoms with E-state index in [1.54, 1.807) is 13.8 Å². The summed E-state index contributed by atoms with van der Waals surface area (Å²) in [6, 6.07) is 3.48. The van der Waals surface area contributed by atoms with Crippen LogP contribution in [0.2, 0.25) is 0 Å². The number of aromatic hydroxyl groups is 1. The Morgan fingerprint density at radius 3 is 2.53 bits per heavy atom. The molecule has 17 heavy (non-hydrogen) atoms. The first-order chi connectivity index (χ1) is 7.95. The first kappa shape index (κ1) is 13.0. The Labute approximate surface area is 99.1 Å². The number of carboxylic acid groups (broad SMARTS) is 1. The van der Waals surface area contributed by atoms with Gasteiger partial charge in [-0.25, -0.2) is 4.79 Å². The average molecular weight is 237 g/mol. The Balaban J connectivity index is 2.82. The fourth-order valence-electron chi connectivity index (χ4n) is 1.38. The molecule has 92 valence electrons. The van der Waals surface area contributed by atoms with Gasteiger partial charge in [-0.15, -0.1) is 0 Å². The minimum Gasteiger partial charge on any atom is -0.508 e. The second kappa shape index (κ2) is 5.34. The zero-order chi connectivity index (χ0) is 13.0. The molecule has 1 atom stereocenters. The zero-order valence-corrected chi connectivity index (χ0v) is 9.73. The van der Waals surface area contributed by atoms with E-state index in [-0.39, 0.29) is 5.75 Å². The molecule has 3 N–H and O–H groups in total. The summed E-state index contributed by atoms with van der Waals surface area (Å²) in [6.45, 7) is 3.35. The molecule has 0 aliphatic carbocycles. The molecule has 5 heteroatoms. The van der Waals surface area contributed by atoms with Crippen LogP contribution in [0.1, 0.15) is 29.3 Å². The molecule has 0 radical (unpaired) electrons. The van der Waals surface area contributed by atoms with Crippen LogP contribution in [0.4, 0.5) is 0 Å². The molecule has 0 bridgehead atoms. The van der Waals surface area contributed by atoms with Gasteiger partial charge in [0.2, 0.25) is 0 Å². The minimum absolute atomic E-state index is 0.104. The number of nitrogens with one attached hydrogen (secondary N) is 1. The molecule has 0 saturated heterocycles. The van der Waals surface area contributed by atoms with Crippen molar-refractivity contribution in [2.75, 3.05) is 0 Å². The summed E-state index contributed by atoms with van der Waals surface area (Å²) >= 11 is 0. The van der Waals surface area contributed by atoms with Crippen molar-refractivity contribution < 1.29 is 19.8 Å². The van der Waals surface area contributed by atoms with Gasteiger partial charge in [0.05, 0.1) is 0 Å². The number of aliphatic carboxylic acids is 1. The third kappa shape index (κ3) is 3.21. The smallest absolute Gasteiger partial charge is 0.326 e. The number of phenolic OH excluding ortho intramolecular Hbond substituents is 1. The standard InChI is InChI=1S/C12H15NO4/c1-3-9(12(16)17)13-11(15)8-4-5-10(14)7(2)6-8/h4-6,9,14H,3H2,1-2H3,(H,13,15)(H,16,17)/t9-/m0/s1. The van der Waals surface area contributed by atoms with E-state index in [4.69, 9.17) is 5.11 Å². The summed E-state index contributed by atoms with van der Waals surface area (Å²) in [6.07, 6.45) is 0.318. The first-order valence-corrected chi connectivity index (χ1v) is 5.29. The van der Waals surface area contributed by atoms with Gasteiger partial charge in [-0.2, -0.15) is 0 Å². The highest BCUT2D eigenvalue weighted by molar-refractivity contribution is 5.96. The van der Waals surface area contributed by atoms with Gasteiger partial charge in [0, 0.05) is 5.56 Å². The first-order valence-electron chi connectivity index (χ1n) is 5.29. The molecule has 5 nitrogen and oxygen atoms in total. The Hall–Kier alpha value is -2.04. The lowest BCUT2D eigenvalue weighted by molar-refractivity contribution is -0.139. The molecule has 1 aromatic rings. The zero-order valence-electron chi connectivity index (χ0n) is 9.73. The van der Waals surface area contributed by atoms with E-state index < -0.39 is 17.9 Å². The third-order valence-corrected chi connectivity index (χ3v) is 2.47. The largest absolute Gasteiger partial charge is 0.508 e. The van der Waals surface area contributed by atoms with Gasteiger partial charge in [-0.3, -0.25) is 4.79 Å². The van der Waals surface area contributed by atoms with E-state index in [1.807, 2.05) is 0 Å². The number of carbonyl (C=O) groups is 2. The number of hydrogen-bond donors (Lipinski definition) is 3. The van der Waals surface area contributed by atoms with Gasteiger partial charge in [-0.05, 0) is 37.1 Å². The molecule has 0 heterocycles. The Kier molecular flexibility index (Phi) is 4.09. The van der Waals surface area contributed by atoms with Gasteiger partial charge in [0.1, 0.15) is 11.8 Å². The number of hydrogen-bond acceptors (Lipinski definition) is 3. The lowest BCUT2D eigenvalue weighted by atomic mass is 10.1. The summed E-state index contributed by atoms with van der Waals surface area (Å²) in [5.74, 6) is -1.41. The predicted octanol–water partition coefficient (Wildman–Crippen LogP) is 1.29. The molecule has 0 aliphatic rings. The maximum atomic E-state index is 11.7. The van der Waals surface area contributed by atoms with Crippen LogP contribution in [0.3, 0.4) is 0 Å². The van der Waals surface area contributed by atoms with Crippen molar-refractivity contribution in [1.82, 2.24) is 5.32 Å². The molecule has 0 unspecified atom stereocenters. The SMILES string of the molecule is CC[C@H](NC(=O)c1ccc(O)c(C)c1)C(=O)O. The van der Waals surface area contributed by atoms with Crippen LogP contribution >= 0.6 is 0 Å². The maximum Gasteiger partial charge on any atom is 0.326 e. The second-order valence-corrected chi connectivity index (χ2v) is 3.77. The van der Waals surface area contributed by atoms with Crippen molar-refractivity contribution in [3.05, 3.63) is 29.3 Å². The molecule has 0 aliphatic heterocycles. The van der Waals surface area contributed by atoms with Crippen molar-refractivity contribution in [3.8, 4) is 5.75 Å². The van der Waals surface area contributed by atoms with Crippen LogP contribution in [0.5, 0.6) is 5.75 Å². The number of carbonyl (C=O) groups excluding carboxylic acids is 1. The van der Waals surface area contributed by atoms with Crippen molar-refractivity contribution in [2.45, 2.75) is 26.3 Å². The number of amides is 1. The van der Waals surface area contributed by atoms with E-state index in [0.29, 0.717) is 17.5 Å². The van der Waals surface area contributed by atoms with Crippen LogP contribution in [0.15, 0.2) is 18.2 Å².